The summed E-state index contributed by atoms with van der Waals surface area (Å²) in [5, 5.41) is 0. The number of benzene rings is 1. The Kier molecular flexibility index (Phi) is 2.92. The first-order valence-electron chi connectivity index (χ1n) is 7.50. The molecule has 4 rings (SSSR count). The van der Waals surface area contributed by atoms with E-state index in [4.69, 9.17) is 10.7 Å². The van der Waals surface area contributed by atoms with Crippen LogP contribution in [0, 0.1) is 0 Å². The molecule has 0 atom stereocenters. The van der Waals surface area contributed by atoms with E-state index in [0.717, 1.165) is 53.8 Å². The van der Waals surface area contributed by atoms with Gasteiger partial charge in [0.2, 0.25) is 5.82 Å². The van der Waals surface area contributed by atoms with Gasteiger partial charge in [0.1, 0.15) is 5.65 Å². The summed E-state index contributed by atoms with van der Waals surface area (Å²) in [6.07, 6.45) is 5.93. The minimum Gasteiger partial charge on any atom is -0.363 e. The van der Waals surface area contributed by atoms with Gasteiger partial charge in [0.15, 0.2) is 0 Å². The molecule has 2 heterocycles. The first kappa shape index (κ1) is 13.0. The first-order chi connectivity index (χ1) is 10.7. The summed E-state index contributed by atoms with van der Waals surface area (Å²) < 4.78 is 1.74. The monoisotopic (exact) mass is 292 g/mol. The summed E-state index contributed by atoms with van der Waals surface area (Å²) in [5.74, 6) is -0.249. The van der Waals surface area contributed by atoms with E-state index in [2.05, 4.69) is 4.98 Å². The fourth-order valence-electron chi connectivity index (χ4n) is 3.11. The second-order valence-corrected chi connectivity index (χ2v) is 5.62. The highest BCUT2D eigenvalue weighted by Gasteiger charge is 2.21. The number of aryl methyl sites for hydroxylation is 2. The summed E-state index contributed by atoms with van der Waals surface area (Å²) in [7, 11) is 0. The largest absolute Gasteiger partial charge is 0.363 e. The molecular weight excluding hydrogens is 276 g/mol. The van der Waals surface area contributed by atoms with E-state index >= 15 is 0 Å². The Morgan fingerprint density at radius 3 is 2.64 bits per heavy atom. The number of imidazole rings is 1. The van der Waals surface area contributed by atoms with E-state index < -0.39 is 5.91 Å². The number of fused-ring (bicyclic) bond motifs is 3. The van der Waals surface area contributed by atoms with Crippen molar-refractivity contribution in [2.45, 2.75) is 25.7 Å². The zero-order valence-corrected chi connectivity index (χ0v) is 12.1. The number of rotatable bonds is 2. The predicted octanol–water partition coefficient (Wildman–Crippen LogP) is 2.37. The van der Waals surface area contributed by atoms with Crippen LogP contribution in [-0.2, 0) is 12.8 Å². The van der Waals surface area contributed by atoms with Crippen LogP contribution in [0.2, 0.25) is 0 Å². The lowest BCUT2D eigenvalue weighted by atomic mass is 9.97. The lowest BCUT2D eigenvalue weighted by Crippen LogP contribution is -2.21. The van der Waals surface area contributed by atoms with Crippen molar-refractivity contribution in [2.75, 3.05) is 0 Å². The molecule has 1 aromatic carbocycles. The molecule has 1 aliphatic rings. The first-order valence-corrected chi connectivity index (χ1v) is 7.50. The molecule has 0 bridgehead atoms. The van der Waals surface area contributed by atoms with Crippen LogP contribution in [0.4, 0.5) is 0 Å². The smallest absolute Gasteiger partial charge is 0.285 e. The fourth-order valence-corrected chi connectivity index (χ4v) is 3.11. The predicted molar refractivity (Wildman–Crippen MR) is 83.6 cm³/mol. The molecule has 0 spiro atoms. The van der Waals surface area contributed by atoms with Crippen LogP contribution in [0.15, 0.2) is 36.5 Å². The standard InChI is InChI=1S/C17H16N4O/c18-15(22)17-19-13-9-5-4-8-12(13)16-20-14(10-21(16)17)11-6-2-1-3-7-11/h1-3,6-7,10H,4-5,8-9H2,(H2,18,22). The number of primary amides is 1. The van der Waals surface area contributed by atoms with Crippen molar-refractivity contribution >= 4 is 11.6 Å². The summed E-state index contributed by atoms with van der Waals surface area (Å²) in [5.41, 5.74) is 10.3. The number of amides is 1. The van der Waals surface area contributed by atoms with Gasteiger partial charge in [-0.05, 0) is 25.7 Å². The maximum absolute atomic E-state index is 11.8. The second-order valence-electron chi connectivity index (χ2n) is 5.62. The molecule has 0 aliphatic heterocycles. The van der Waals surface area contributed by atoms with Crippen LogP contribution >= 0.6 is 0 Å². The van der Waals surface area contributed by atoms with Crippen molar-refractivity contribution in [3.05, 3.63) is 53.6 Å². The van der Waals surface area contributed by atoms with E-state index in [9.17, 15) is 4.79 Å². The van der Waals surface area contributed by atoms with Gasteiger partial charge in [-0.15, -0.1) is 0 Å². The van der Waals surface area contributed by atoms with E-state index in [0.29, 0.717) is 0 Å². The van der Waals surface area contributed by atoms with Crippen molar-refractivity contribution in [3.63, 3.8) is 0 Å². The van der Waals surface area contributed by atoms with Gasteiger partial charge in [-0.25, -0.2) is 9.97 Å². The van der Waals surface area contributed by atoms with Gasteiger partial charge in [-0.2, -0.15) is 0 Å². The van der Waals surface area contributed by atoms with E-state index in [1.165, 1.54) is 0 Å². The molecule has 1 aliphatic carbocycles. The molecule has 0 unspecified atom stereocenters. The maximum Gasteiger partial charge on any atom is 0.285 e. The summed E-state index contributed by atoms with van der Waals surface area (Å²) in [6, 6.07) is 9.93. The van der Waals surface area contributed by atoms with Crippen molar-refractivity contribution in [1.29, 1.82) is 0 Å². The Hall–Kier alpha value is -2.69. The normalized spacial score (nSPS) is 14.0. The summed E-state index contributed by atoms with van der Waals surface area (Å²) in [4.78, 5) is 21.0. The molecule has 0 saturated carbocycles. The molecule has 1 amide bonds. The molecule has 0 saturated heterocycles. The molecule has 3 aromatic rings. The third-order valence-electron chi connectivity index (χ3n) is 4.17. The second kappa shape index (κ2) is 4.94. The van der Waals surface area contributed by atoms with Gasteiger partial charge in [-0.1, -0.05) is 30.3 Å². The Morgan fingerprint density at radius 2 is 1.86 bits per heavy atom. The van der Waals surface area contributed by atoms with Gasteiger partial charge in [0, 0.05) is 23.0 Å². The van der Waals surface area contributed by atoms with Crippen molar-refractivity contribution < 1.29 is 4.79 Å². The molecule has 5 nitrogen and oxygen atoms in total. The van der Waals surface area contributed by atoms with Gasteiger partial charge in [0.05, 0.1) is 5.69 Å². The Bertz CT molecular complexity index is 867. The minimum atomic E-state index is -0.518. The van der Waals surface area contributed by atoms with Gasteiger partial charge in [-0.3, -0.25) is 9.20 Å². The summed E-state index contributed by atoms with van der Waals surface area (Å²) in [6.45, 7) is 0. The van der Waals surface area contributed by atoms with Crippen LogP contribution in [0.5, 0.6) is 0 Å². The van der Waals surface area contributed by atoms with Crippen molar-refractivity contribution in [3.8, 4) is 11.3 Å². The van der Waals surface area contributed by atoms with Crippen LogP contribution in [-0.4, -0.2) is 20.3 Å². The zero-order chi connectivity index (χ0) is 15.1. The molecule has 0 fully saturated rings. The number of carbonyl (C=O) groups is 1. The average Bonchev–Trinajstić information content (AvgIpc) is 3.00. The fraction of sp³-hybridized carbons (Fsp3) is 0.235. The molecule has 2 N–H and O–H groups in total. The van der Waals surface area contributed by atoms with Crippen LogP contribution in [0.1, 0.15) is 34.7 Å². The van der Waals surface area contributed by atoms with Crippen LogP contribution in [0.25, 0.3) is 16.9 Å². The summed E-state index contributed by atoms with van der Waals surface area (Å²) >= 11 is 0. The molecule has 110 valence electrons. The average molecular weight is 292 g/mol. The number of carbonyl (C=O) groups excluding carboxylic acids is 1. The lowest BCUT2D eigenvalue weighted by molar-refractivity contribution is 0.0988. The lowest BCUT2D eigenvalue weighted by Gasteiger charge is -2.16. The molecule has 22 heavy (non-hydrogen) atoms. The number of hydrogen-bond donors (Lipinski definition) is 1. The molecular formula is C17H16N4O. The molecule has 5 heteroatoms. The quantitative estimate of drug-likeness (QED) is 0.788. The molecule has 0 radical (unpaired) electrons. The van der Waals surface area contributed by atoms with Crippen LogP contribution < -0.4 is 5.73 Å². The SMILES string of the molecule is NC(=O)c1nc2c(c3nc(-c4ccccc4)cn13)CCCC2. The third kappa shape index (κ3) is 1.97. The van der Waals surface area contributed by atoms with Gasteiger partial charge >= 0.3 is 0 Å². The Labute approximate surface area is 127 Å². The maximum atomic E-state index is 11.8. The Balaban J connectivity index is 2.01. The molecule has 2 aromatic heterocycles. The highest BCUT2D eigenvalue weighted by Crippen LogP contribution is 2.27. The Morgan fingerprint density at radius 1 is 1.09 bits per heavy atom. The number of nitrogens with two attached hydrogens (primary N) is 1. The highest BCUT2D eigenvalue weighted by molar-refractivity contribution is 5.90. The minimum absolute atomic E-state index is 0.269. The van der Waals surface area contributed by atoms with Gasteiger partial charge in [0.25, 0.3) is 5.91 Å². The topological polar surface area (TPSA) is 73.3 Å². The van der Waals surface area contributed by atoms with Crippen molar-refractivity contribution in [1.82, 2.24) is 14.4 Å². The van der Waals surface area contributed by atoms with E-state index in [1.807, 2.05) is 36.5 Å². The number of nitrogens with zero attached hydrogens (tertiary/aromatic N) is 3. The third-order valence-corrected chi connectivity index (χ3v) is 4.17. The van der Waals surface area contributed by atoms with E-state index in [1.54, 1.807) is 4.40 Å². The number of hydrogen-bond acceptors (Lipinski definition) is 3. The van der Waals surface area contributed by atoms with Crippen LogP contribution in [0.3, 0.4) is 0 Å². The number of aromatic nitrogens is 3. The van der Waals surface area contributed by atoms with Gasteiger partial charge < -0.3 is 5.73 Å². The zero-order valence-electron chi connectivity index (χ0n) is 12.1. The van der Waals surface area contributed by atoms with Crippen molar-refractivity contribution in [2.24, 2.45) is 5.73 Å². The highest BCUT2D eigenvalue weighted by atomic mass is 16.1. The van der Waals surface area contributed by atoms with E-state index in [-0.39, 0.29) is 5.82 Å².